The quantitative estimate of drug-likeness (QED) is 0.782. The molecule has 2 aliphatic heterocycles. The van der Waals surface area contributed by atoms with Crippen LogP contribution < -0.4 is 10.5 Å². The van der Waals surface area contributed by atoms with Crippen LogP contribution in [0, 0.1) is 0 Å². The van der Waals surface area contributed by atoms with Crippen LogP contribution in [0.2, 0.25) is 0 Å². The zero-order chi connectivity index (χ0) is 28.3. The van der Waals surface area contributed by atoms with Crippen LogP contribution in [0.5, 0.6) is 0 Å². The number of rotatable bonds is 2. The van der Waals surface area contributed by atoms with E-state index in [0.29, 0.717) is 0 Å². The van der Waals surface area contributed by atoms with Crippen molar-refractivity contribution in [2.45, 2.75) is 70.9 Å². The van der Waals surface area contributed by atoms with Gasteiger partial charge in [-0.15, -0.1) is 0 Å². The van der Waals surface area contributed by atoms with Crippen LogP contribution in [0.4, 0.5) is 5.82 Å². The summed E-state index contributed by atoms with van der Waals surface area (Å²) in [7, 11) is -1.40. The Labute approximate surface area is 153 Å². The maximum Gasteiger partial charge on any atom is 0.516 e. The van der Waals surface area contributed by atoms with Gasteiger partial charge in [-0.25, -0.2) is 4.98 Å². The van der Waals surface area contributed by atoms with Crippen molar-refractivity contribution in [3.05, 3.63) is 12.3 Å². The molecule has 0 radical (unpaired) electrons. The molecule has 1 aromatic rings. The van der Waals surface area contributed by atoms with Crippen LogP contribution >= 0.6 is 0 Å². The summed E-state index contributed by atoms with van der Waals surface area (Å²) in [6.07, 6.45) is -13.2. The molecule has 5 nitrogen and oxygen atoms in total. The van der Waals surface area contributed by atoms with Crippen molar-refractivity contribution in [1.29, 1.82) is 0 Å². The molecule has 1 unspecified atom stereocenters. The molecule has 6 heteroatoms. The Morgan fingerprint density at radius 1 is 1.36 bits per heavy atom. The molecular weight excluding hydrogens is 277 g/mol. The van der Waals surface area contributed by atoms with Gasteiger partial charge in [0.15, 0.2) is 0 Å². The van der Waals surface area contributed by atoms with E-state index in [9.17, 15) is 0 Å². The summed E-state index contributed by atoms with van der Waals surface area (Å²) in [5.74, 6) is -1.09. The minimum absolute atomic E-state index is 0.197. The van der Waals surface area contributed by atoms with Crippen LogP contribution in [-0.4, -0.2) is 40.8 Å². The average Bonchev–Trinajstić information content (AvgIpc) is 2.88. The second kappa shape index (κ2) is 5.50. The summed E-state index contributed by atoms with van der Waals surface area (Å²) >= 11 is 0. The first kappa shape index (κ1) is 6.06. The maximum atomic E-state index is 8.70. The molecule has 3 rings (SSSR count). The molecule has 0 spiro atoms. The van der Waals surface area contributed by atoms with Crippen molar-refractivity contribution in [3.63, 3.8) is 0 Å². The molecular formula is C16H26BN3O2. The molecule has 0 aromatic carbocycles. The Kier molecular flexibility index (Phi) is 1.51. The van der Waals surface area contributed by atoms with E-state index in [1.54, 1.807) is 27.7 Å². The monoisotopic (exact) mass is 317 g/mol. The fourth-order valence-electron chi connectivity index (χ4n) is 1.90. The van der Waals surface area contributed by atoms with E-state index >= 15 is 0 Å². The van der Waals surface area contributed by atoms with Crippen molar-refractivity contribution in [2.75, 3.05) is 11.4 Å². The highest BCUT2D eigenvalue weighted by Crippen LogP contribution is 2.36. The average molecular weight is 317 g/mol. The van der Waals surface area contributed by atoms with Gasteiger partial charge in [-0.1, -0.05) is 0 Å². The first-order chi connectivity index (χ1) is 15.7. The predicted octanol–water partition coefficient (Wildman–Crippen LogP) is 2.15. The van der Waals surface area contributed by atoms with E-state index in [1.807, 2.05) is 0 Å². The van der Waals surface area contributed by atoms with Crippen molar-refractivity contribution >= 4 is 18.5 Å². The second-order valence-electron chi connectivity index (χ2n) is 5.92. The van der Waals surface area contributed by atoms with Crippen molar-refractivity contribution in [1.82, 2.24) is 9.97 Å². The Hall–Kier alpha value is -1.14. The first-order valence-electron chi connectivity index (χ1n) is 13.7. The fraction of sp³-hybridized carbons (Fsp3) is 0.750. The van der Waals surface area contributed by atoms with E-state index in [4.69, 9.17) is 28.5 Å². The van der Waals surface area contributed by atoms with Gasteiger partial charge in [0.2, 0.25) is 0 Å². The normalized spacial score (nSPS) is 49.6. The second-order valence-corrected chi connectivity index (χ2v) is 5.92. The third-order valence-electron chi connectivity index (χ3n) is 3.88. The summed E-state index contributed by atoms with van der Waals surface area (Å²) in [5, 5.41) is 0. The lowest BCUT2D eigenvalue weighted by molar-refractivity contribution is 0.00578. The van der Waals surface area contributed by atoms with Crippen molar-refractivity contribution in [3.8, 4) is 0 Å². The Morgan fingerprint density at radius 2 is 2.09 bits per heavy atom. The van der Waals surface area contributed by atoms with E-state index in [1.165, 1.54) is 0 Å². The molecule has 0 aliphatic carbocycles. The Balaban J connectivity index is 2.37. The summed E-state index contributed by atoms with van der Waals surface area (Å²) in [4.78, 5) is 7.40. The van der Waals surface area contributed by atoms with Gasteiger partial charge in [0.05, 0.1) is 27.1 Å². The van der Waals surface area contributed by atoms with E-state index in [2.05, 4.69) is 9.97 Å². The SMILES string of the molecule is [2H]c1nc([2H])c(N2C([2H])([2H])C([2H])([2H])C([2H])([2H])C([2H])([2H])C2([2H])C([2H])([2H])[2H])nc1B1OC(C)(C)C(C)(C)O1. The smallest absolute Gasteiger partial charge is 0.398 e. The third-order valence-corrected chi connectivity index (χ3v) is 3.88. The fourth-order valence-corrected chi connectivity index (χ4v) is 1.90. The van der Waals surface area contributed by atoms with Gasteiger partial charge in [0.1, 0.15) is 5.82 Å². The molecule has 3 heterocycles. The molecule has 2 saturated heterocycles. The van der Waals surface area contributed by atoms with Gasteiger partial charge in [-0.2, -0.15) is 0 Å². The standard InChI is InChI=1S/C16H26BN3O2/c1-12-8-6-7-9-20(12)14-11-18-10-13(19-14)17-21-15(2,3)16(4,5)22-17/h10-12H,6-9H2,1-5H3/i1D3,6D2,7D2,8D2,9D2,10D,11D,12D. The van der Waals surface area contributed by atoms with Gasteiger partial charge in [0, 0.05) is 33.8 Å². The highest BCUT2D eigenvalue weighted by Gasteiger charge is 2.52. The summed E-state index contributed by atoms with van der Waals surface area (Å²) in [5.41, 5.74) is -2.32. The molecule has 0 amide bonds. The van der Waals surface area contributed by atoms with Crippen LogP contribution in [0.25, 0.3) is 0 Å². The Morgan fingerprint density at radius 3 is 2.77 bits per heavy atom. The molecule has 1 aromatic heterocycles. The minimum atomic E-state index is -3.88. The highest BCUT2D eigenvalue weighted by atomic mass is 16.7. The number of anilines is 1. The van der Waals surface area contributed by atoms with E-state index < -0.39 is 80.6 Å². The topological polar surface area (TPSA) is 47.5 Å². The summed E-state index contributed by atoms with van der Waals surface area (Å²) in [6, 6.07) is -3.83. The summed E-state index contributed by atoms with van der Waals surface area (Å²) < 4.78 is 126. The molecule has 22 heavy (non-hydrogen) atoms. The largest absolute Gasteiger partial charge is 0.516 e. The van der Waals surface area contributed by atoms with Crippen molar-refractivity contribution in [2.24, 2.45) is 0 Å². The maximum absolute atomic E-state index is 8.70. The van der Waals surface area contributed by atoms with Gasteiger partial charge in [0.25, 0.3) is 0 Å². The van der Waals surface area contributed by atoms with E-state index in [-0.39, 0.29) is 4.90 Å². The zero-order valence-corrected chi connectivity index (χ0v) is 12.7. The molecule has 2 fully saturated rings. The third kappa shape index (κ3) is 2.74. The lowest BCUT2D eigenvalue weighted by atomic mass is 9.85. The number of hydrogen-bond donors (Lipinski definition) is 0. The lowest BCUT2D eigenvalue weighted by Crippen LogP contribution is -2.42. The number of nitrogens with zero attached hydrogens (tertiary/aromatic N) is 3. The molecule has 1 atom stereocenters. The number of hydrogen-bond acceptors (Lipinski definition) is 5. The Bertz CT molecular complexity index is 1060. The van der Waals surface area contributed by atoms with Crippen LogP contribution in [0.3, 0.4) is 0 Å². The van der Waals surface area contributed by atoms with Gasteiger partial charge >= 0.3 is 7.12 Å². The van der Waals surface area contributed by atoms with Gasteiger partial charge in [-0.3, -0.25) is 4.98 Å². The molecule has 120 valence electrons. The molecule has 0 bridgehead atoms. The summed E-state index contributed by atoms with van der Waals surface area (Å²) in [6.45, 7) is -0.793. The first-order valence-corrected chi connectivity index (χ1v) is 6.73. The van der Waals surface area contributed by atoms with Crippen molar-refractivity contribution < 1.29 is 28.5 Å². The molecule has 0 saturated carbocycles. The number of aromatic nitrogens is 2. The number of piperidine rings is 1. The lowest BCUT2D eigenvalue weighted by Gasteiger charge is -2.34. The molecule has 2 aliphatic rings. The zero-order valence-electron chi connectivity index (χ0n) is 26.7. The van der Waals surface area contributed by atoms with E-state index in [0.717, 1.165) is 0 Å². The highest BCUT2D eigenvalue weighted by molar-refractivity contribution is 6.61. The predicted molar refractivity (Wildman–Crippen MR) is 88.4 cm³/mol. The van der Waals surface area contributed by atoms with Crippen LogP contribution in [-0.2, 0) is 9.31 Å². The molecule has 0 N–H and O–H groups in total. The van der Waals surface area contributed by atoms with Gasteiger partial charge in [-0.05, 0) is 53.7 Å². The van der Waals surface area contributed by atoms with Crippen LogP contribution in [0.15, 0.2) is 12.3 Å². The van der Waals surface area contributed by atoms with Gasteiger partial charge < -0.3 is 14.2 Å². The minimum Gasteiger partial charge on any atom is -0.398 e. The van der Waals surface area contributed by atoms with Crippen LogP contribution in [0.1, 0.15) is 72.9 Å².